The molecule has 2 aliphatic heterocycles. The van der Waals surface area contributed by atoms with E-state index in [0.29, 0.717) is 5.84 Å². The molecule has 0 aromatic carbocycles. The van der Waals surface area contributed by atoms with Crippen molar-refractivity contribution >= 4 is 11.7 Å². The van der Waals surface area contributed by atoms with Gasteiger partial charge in [-0.1, -0.05) is 0 Å². The molecule has 0 aromatic rings. The number of nitrogens with one attached hydrogen (secondary N) is 3. The maximum Gasteiger partial charge on any atom is 0.204 e. The SMILES string of the molecule is N=C1C=CNC(N2CCCCC2=N)N1O. The van der Waals surface area contributed by atoms with E-state index in [0.717, 1.165) is 30.9 Å². The first-order chi connectivity index (χ1) is 7.20. The minimum absolute atomic E-state index is 0.0390. The van der Waals surface area contributed by atoms with E-state index in [1.165, 1.54) is 6.08 Å². The van der Waals surface area contributed by atoms with E-state index in [9.17, 15) is 5.21 Å². The first-order valence-electron chi connectivity index (χ1n) is 5.03. The van der Waals surface area contributed by atoms with Gasteiger partial charge in [0.25, 0.3) is 0 Å². The molecule has 2 heterocycles. The first kappa shape index (κ1) is 9.97. The van der Waals surface area contributed by atoms with E-state index in [-0.39, 0.29) is 5.84 Å². The summed E-state index contributed by atoms with van der Waals surface area (Å²) in [6.45, 7) is 0.745. The minimum Gasteiger partial charge on any atom is -0.353 e. The van der Waals surface area contributed by atoms with Crippen LogP contribution in [0.5, 0.6) is 0 Å². The second-order valence-corrected chi connectivity index (χ2v) is 3.70. The standard InChI is InChI=1S/C9H15N5O/c10-7-3-1-2-6-13(7)9-12-5-4-8(11)14(9)15/h4-5,9-12,15H,1-3,6H2. The van der Waals surface area contributed by atoms with Crippen molar-refractivity contribution in [1.29, 1.82) is 10.8 Å². The predicted octanol–water partition coefficient (Wildman–Crippen LogP) is 0.519. The Morgan fingerprint density at radius 2 is 2.20 bits per heavy atom. The molecule has 0 radical (unpaired) electrons. The quantitative estimate of drug-likeness (QED) is 0.507. The summed E-state index contributed by atoms with van der Waals surface area (Å²) in [6, 6.07) is 0. The summed E-state index contributed by atoms with van der Waals surface area (Å²) in [4.78, 5) is 1.78. The molecule has 4 N–H and O–H groups in total. The monoisotopic (exact) mass is 209 g/mol. The second-order valence-electron chi connectivity index (χ2n) is 3.70. The highest BCUT2D eigenvalue weighted by atomic mass is 16.5. The van der Waals surface area contributed by atoms with Crippen molar-refractivity contribution in [2.24, 2.45) is 0 Å². The molecular weight excluding hydrogens is 194 g/mol. The molecule has 0 spiro atoms. The van der Waals surface area contributed by atoms with E-state index < -0.39 is 6.29 Å². The summed E-state index contributed by atoms with van der Waals surface area (Å²) >= 11 is 0. The van der Waals surface area contributed by atoms with Gasteiger partial charge in [-0.25, -0.2) is 0 Å². The van der Waals surface area contributed by atoms with Gasteiger partial charge in [-0.3, -0.25) is 16.0 Å². The maximum absolute atomic E-state index is 9.66. The molecule has 1 saturated heterocycles. The van der Waals surface area contributed by atoms with Gasteiger partial charge in [-0.2, -0.15) is 5.06 Å². The summed E-state index contributed by atoms with van der Waals surface area (Å²) in [5.74, 6) is 0.554. The number of hydrogen-bond acceptors (Lipinski definition) is 4. The van der Waals surface area contributed by atoms with Crippen molar-refractivity contribution in [3.05, 3.63) is 12.3 Å². The predicted molar refractivity (Wildman–Crippen MR) is 55.7 cm³/mol. The Bertz CT molecular complexity index is 314. The number of hydrogen-bond donors (Lipinski definition) is 4. The number of likely N-dealkylation sites (tertiary alicyclic amines) is 1. The molecule has 2 aliphatic rings. The van der Waals surface area contributed by atoms with Gasteiger partial charge in [0, 0.05) is 19.2 Å². The summed E-state index contributed by atoms with van der Waals surface area (Å²) in [5.41, 5.74) is 0. The lowest BCUT2D eigenvalue weighted by molar-refractivity contribution is -0.105. The third-order valence-corrected chi connectivity index (χ3v) is 2.67. The van der Waals surface area contributed by atoms with E-state index in [1.807, 2.05) is 0 Å². The second kappa shape index (κ2) is 3.90. The van der Waals surface area contributed by atoms with Gasteiger partial charge in [0.1, 0.15) is 0 Å². The van der Waals surface area contributed by atoms with Crippen molar-refractivity contribution in [2.45, 2.75) is 25.6 Å². The molecule has 82 valence electrons. The minimum atomic E-state index is -0.504. The third-order valence-electron chi connectivity index (χ3n) is 2.67. The molecule has 0 amide bonds. The lowest BCUT2D eigenvalue weighted by Gasteiger charge is -2.41. The Morgan fingerprint density at radius 1 is 1.40 bits per heavy atom. The van der Waals surface area contributed by atoms with Crippen molar-refractivity contribution < 1.29 is 5.21 Å². The van der Waals surface area contributed by atoms with Gasteiger partial charge in [0.05, 0.1) is 5.84 Å². The molecule has 1 atom stereocenters. The summed E-state index contributed by atoms with van der Waals surface area (Å²) < 4.78 is 0. The molecule has 1 fully saturated rings. The zero-order valence-electron chi connectivity index (χ0n) is 8.40. The first-order valence-corrected chi connectivity index (χ1v) is 5.03. The van der Waals surface area contributed by atoms with Gasteiger partial charge in [0.15, 0.2) is 5.84 Å². The molecule has 0 aliphatic carbocycles. The number of piperidine rings is 1. The van der Waals surface area contributed by atoms with Gasteiger partial charge >= 0.3 is 0 Å². The van der Waals surface area contributed by atoms with E-state index in [4.69, 9.17) is 10.8 Å². The average Bonchev–Trinajstić information content (AvgIpc) is 2.23. The van der Waals surface area contributed by atoms with Crippen LogP contribution in [0.15, 0.2) is 12.3 Å². The Kier molecular flexibility index (Phi) is 2.59. The van der Waals surface area contributed by atoms with Gasteiger partial charge in [-0.15, -0.1) is 0 Å². The fourth-order valence-corrected chi connectivity index (χ4v) is 1.84. The fraction of sp³-hybridized carbons (Fsp3) is 0.556. The van der Waals surface area contributed by atoms with Crippen LogP contribution in [0.1, 0.15) is 19.3 Å². The molecule has 1 unspecified atom stereocenters. The van der Waals surface area contributed by atoms with Crippen LogP contribution >= 0.6 is 0 Å². The highest BCUT2D eigenvalue weighted by molar-refractivity contribution is 5.90. The van der Waals surface area contributed by atoms with Crippen LogP contribution in [0.4, 0.5) is 0 Å². The molecule has 6 nitrogen and oxygen atoms in total. The highest BCUT2D eigenvalue weighted by Crippen LogP contribution is 2.16. The van der Waals surface area contributed by atoms with Crippen LogP contribution < -0.4 is 5.32 Å². The molecule has 6 heteroatoms. The number of hydroxylamine groups is 2. The topological polar surface area (TPSA) is 86.4 Å². The van der Waals surface area contributed by atoms with Crippen LogP contribution in [0.25, 0.3) is 0 Å². The van der Waals surface area contributed by atoms with Crippen LogP contribution in [0.2, 0.25) is 0 Å². The van der Waals surface area contributed by atoms with E-state index >= 15 is 0 Å². The van der Waals surface area contributed by atoms with Gasteiger partial charge < -0.3 is 10.2 Å². The number of nitrogens with zero attached hydrogens (tertiary/aromatic N) is 2. The molecule has 0 bridgehead atoms. The van der Waals surface area contributed by atoms with Gasteiger partial charge in [-0.05, 0) is 18.9 Å². The smallest absolute Gasteiger partial charge is 0.204 e. The molecule has 0 aromatic heterocycles. The third kappa shape index (κ3) is 1.80. The summed E-state index contributed by atoms with van der Waals surface area (Å²) in [5, 5.41) is 28.7. The zero-order valence-corrected chi connectivity index (χ0v) is 8.40. The summed E-state index contributed by atoms with van der Waals surface area (Å²) in [6.07, 6.45) is 5.39. The van der Waals surface area contributed by atoms with E-state index in [2.05, 4.69) is 5.32 Å². The molecule has 2 rings (SSSR count). The Hall–Kier alpha value is -1.56. The lowest BCUT2D eigenvalue weighted by atomic mass is 10.1. The van der Waals surface area contributed by atoms with Crippen molar-refractivity contribution in [2.75, 3.05) is 6.54 Å². The van der Waals surface area contributed by atoms with Crippen LogP contribution in [-0.2, 0) is 0 Å². The fourth-order valence-electron chi connectivity index (χ4n) is 1.84. The van der Waals surface area contributed by atoms with Crippen LogP contribution in [-0.4, -0.2) is 39.7 Å². The van der Waals surface area contributed by atoms with Crippen molar-refractivity contribution in [3.63, 3.8) is 0 Å². The Morgan fingerprint density at radius 3 is 2.93 bits per heavy atom. The normalized spacial score (nSPS) is 26.9. The van der Waals surface area contributed by atoms with Crippen LogP contribution in [0, 0.1) is 10.8 Å². The molecule has 0 saturated carbocycles. The van der Waals surface area contributed by atoms with E-state index in [1.54, 1.807) is 11.1 Å². The summed E-state index contributed by atoms with van der Waals surface area (Å²) in [7, 11) is 0. The maximum atomic E-state index is 9.66. The largest absolute Gasteiger partial charge is 0.353 e. The van der Waals surface area contributed by atoms with Crippen molar-refractivity contribution in [1.82, 2.24) is 15.3 Å². The van der Waals surface area contributed by atoms with Gasteiger partial charge in [0.2, 0.25) is 6.29 Å². The zero-order chi connectivity index (χ0) is 10.8. The Balaban J connectivity index is 2.12. The van der Waals surface area contributed by atoms with Crippen molar-refractivity contribution in [3.8, 4) is 0 Å². The number of amidine groups is 2. The Labute approximate surface area is 88.1 Å². The van der Waals surface area contributed by atoms with Crippen LogP contribution in [0.3, 0.4) is 0 Å². The highest BCUT2D eigenvalue weighted by Gasteiger charge is 2.30. The molecule has 15 heavy (non-hydrogen) atoms. The average molecular weight is 209 g/mol. The number of rotatable bonds is 1. The lowest BCUT2D eigenvalue weighted by Crippen LogP contribution is -2.60. The molecular formula is C9H15N5O.